The molecule has 2 aliphatic heterocycles. The molecule has 8 nitrogen and oxygen atoms in total. The molecule has 8 heteroatoms. The highest BCUT2D eigenvalue weighted by Crippen LogP contribution is 2.36. The van der Waals surface area contributed by atoms with Gasteiger partial charge in [0.15, 0.2) is 11.5 Å². The third kappa shape index (κ3) is 4.10. The lowest BCUT2D eigenvalue weighted by molar-refractivity contribution is -0.132. The van der Waals surface area contributed by atoms with Crippen LogP contribution in [0.25, 0.3) is 0 Å². The summed E-state index contributed by atoms with van der Waals surface area (Å²) in [6.45, 7) is 6.37. The summed E-state index contributed by atoms with van der Waals surface area (Å²) >= 11 is 0. The number of nitrogens with one attached hydrogen (secondary N) is 1. The van der Waals surface area contributed by atoms with E-state index in [-0.39, 0.29) is 13.2 Å². The molecule has 32 heavy (non-hydrogen) atoms. The van der Waals surface area contributed by atoms with Gasteiger partial charge in [0, 0.05) is 6.42 Å². The number of benzene rings is 2. The highest BCUT2D eigenvalue weighted by molar-refractivity contribution is 6.07. The molecule has 0 saturated carbocycles. The van der Waals surface area contributed by atoms with E-state index in [1.54, 1.807) is 25.1 Å². The van der Waals surface area contributed by atoms with Gasteiger partial charge in [0.25, 0.3) is 5.91 Å². The van der Waals surface area contributed by atoms with Crippen molar-refractivity contribution < 1.29 is 28.9 Å². The summed E-state index contributed by atoms with van der Waals surface area (Å²) in [5, 5.41) is 13.2. The van der Waals surface area contributed by atoms with E-state index in [2.05, 4.69) is 5.32 Å². The van der Waals surface area contributed by atoms with Gasteiger partial charge in [-0.3, -0.25) is 9.69 Å². The molecule has 2 aromatic rings. The number of amides is 3. The fourth-order valence-corrected chi connectivity index (χ4v) is 4.00. The predicted octanol–water partition coefficient (Wildman–Crippen LogP) is 2.67. The molecule has 0 aromatic heterocycles. The van der Waals surface area contributed by atoms with Crippen LogP contribution < -0.4 is 19.5 Å². The molecular formula is C24H28N2O6. The summed E-state index contributed by atoms with van der Waals surface area (Å²) in [6.07, 6.45) is -0.262. The zero-order chi connectivity index (χ0) is 22.9. The van der Waals surface area contributed by atoms with Crippen LogP contribution >= 0.6 is 0 Å². The fraction of sp³-hybridized carbons (Fsp3) is 0.417. The number of imide groups is 1. The first-order valence-electron chi connectivity index (χ1n) is 10.7. The molecule has 2 N–H and O–H groups in total. The molecule has 2 unspecified atom stereocenters. The first kappa shape index (κ1) is 22.0. The fourth-order valence-electron chi connectivity index (χ4n) is 4.00. The van der Waals surface area contributed by atoms with Crippen LogP contribution in [0.2, 0.25) is 0 Å². The summed E-state index contributed by atoms with van der Waals surface area (Å²) in [7, 11) is 0. The minimum atomic E-state index is -1.27. The Bertz CT molecular complexity index is 1020. The maximum absolute atomic E-state index is 13.2. The Morgan fingerprint density at radius 2 is 1.81 bits per heavy atom. The number of aliphatic hydroxyl groups is 1. The van der Waals surface area contributed by atoms with Crippen molar-refractivity contribution in [1.82, 2.24) is 10.2 Å². The van der Waals surface area contributed by atoms with Crippen molar-refractivity contribution >= 4 is 11.9 Å². The van der Waals surface area contributed by atoms with Crippen LogP contribution in [0.1, 0.15) is 30.0 Å². The topological polar surface area (TPSA) is 97.3 Å². The van der Waals surface area contributed by atoms with Crippen molar-refractivity contribution in [2.45, 2.75) is 38.8 Å². The second kappa shape index (κ2) is 8.70. The van der Waals surface area contributed by atoms with Crippen LogP contribution in [-0.2, 0) is 10.3 Å². The summed E-state index contributed by atoms with van der Waals surface area (Å²) in [4.78, 5) is 26.9. The van der Waals surface area contributed by atoms with Gasteiger partial charge in [0.2, 0.25) is 0 Å². The highest BCUT2D eigenvalue weighted by atomic mass is 16.5. The maximum atomic E-state index is 13.2. The van der Waals surface area contributed by atoms with Crippen molar-refractivity contribution in [2.24, 2.45) is 0 Å². The largest absolute Gasteiger partial charge is 0.490 e. The molecule has 1 saturated heterocycles. The van der Waals surface area contributed by atoms with E-state index in [1.165, 1.54) is 0 Å². The average molecular weight is 440 g/mol. The number of urea groups is 1. The van der Waals surface area contributed by atoms with E-state index in [9.17, 15) is 14.7 Å². The van der Waals surface area contributed by atoms with Gasteiger partial charge in [-0.2, -0.15) is 0 Å². The van der Waals surface area contributed by atoms with Gasteiger partial charge in [-0.15, -0.1) is 0 Å². The summed E-state index contributed by atoms with van der Waals surface area (Å²) in [6, 6.07) is 10.4. The van der Waals surface area contributed by atoms with Gasteiger partial charge in [-0.05, 0) is 49.6 Å². The van der Waals surface area contributed by atoms with E-state index in [4.69, 9.17) is 14.2 Å². The first-order valence-corrected chi connectivity index (χ1v) is 10.7. The number of hydrogen-bond acceptors (Lipinski definition) is 6. The molecule has 0 radical (unpaired) electrons. The molecule has 2 heterocycles. The number of para-hydroxylation sites is 1. The van der Waals surface area contributed by atoms with Crippen LogP contribution in [0.15, 0.2) is 36.4 Å². The molecule has 0 spiro atoms. The van der Waals surface area contributed by atoms with Crippen LogP contribution in [0, 0.1) is 13.8 Å². The van der Waals surface area contributed by atoms with Gasteiger partial charge in [-0.1, -0.05) is 24.3 Å². The van der Waals surface area contributed by atoms with Crippen molar-refractivity contribution in [1.29, 1.82) is 0 Å². The first-order chi connectivity index (χ1) is 15.3. The van der Waals surface area contributed by atoms with Gasteiger partial charge in [0.05, 0.1) is 19.8 Å². The zero-order valence-electron chi connectivity index (χ0n) is 18.5. The standard InChI is InChI=1S/C24H28N2O6/c1-15-6-4-7-16(2)21(15)32-14-18(27)13-26-22(28)24(3,25-23(26)29)17-8-9-19-20(12-17)31-11-5-10-30-19/h4,6-9,12,18,27H,5,10-11,13-14H2,1-3H3,(H,25,29). The van der Waals surface area contributed by atoms with E-state index < -0.39 is 23.6 Å². The van der Waals surface area contributed by atoms with Crippen LogP contribution in [0.5, 0.6) is 17.2 Å². The van der Waals surface area contributed by atoms with E-state index >= 15 is 0 Å². The van der Waals surface area contributed by atoms with E-state index in [0.717, 1.165) is 22.4 Å². The lowest BCUT2D eigenvalue weighted by atomic mass is 9.91. The van der Waals surface area contributed by atoms with Gasteiger partial charge < -0.3 is 24.6 Å². The quantitative estimate of drug-likeness (QED) is 0.671. The number of hydrogen-bond donors (Lipinski definition) is 2. The third-order valence-electron chi connectivity index (χ3n) is 5.82. The molecule has 4 rings (SSSR count). The smallest absolute Gasteiger partial charge is 0.325 e. The molecule has 2 atom stereocenters. The minimum Gasteiger partial charge on any atom is -0.490 e. The van der Waals surface area contributed by atoms with Gasteiger partial charge in [-0.25, -0.2) is 4.79 Å². The normalized spacial score (nSPS) is 21.2. The Hall–Kier alpha value is -3.26. The van der Waals surface area contributed by atoms with E-state index in [1.807, 2.05) is 32.0 Å². The summed E-state index contributed by atoms with van der Waals surface area (Å²) in [5.41, 5.74) is 1.22. The Labute approximate surface area is 187 Å². The second-order valence-electron chi connectivity index (χ2n) is 8.37. The second-order valence-corrected chi connectivity index (χ2v) is 8.37. The lowest BCUT2D eigenvalue weighted by Crippen LogP contribution is -2.42. The Balaban J connectivity index is 1.46. The Kier molecular flexibility index (Phi) is 5.97. The van der Waals surface area contributed by atoms with Crippen molar-refractivity contribution in [3.05, 3.63) is 53.1 Å². The monoisotopic (exact) mass is 440 g/mol. The number of aryl methyl sites for hydroxylation is 2. The molecule has 2 aromatic carbocycles. The van der Waals surface area contributed by atoms with Crippen molar-refractivity contribution in [3.8, 4) is 17.2 Å². The summed E-state index contributed by atoms with van der Waals surface area (Å²) in [5.74, 6) is 1.41. The minimum absolute atomic E-state index is 0.0382. The third-order valence-corrected chi connectivity index (χ3v) is 5.82. The van der Waals surface area contributed by atoms with E-state index in [0.29, 0.717) is 36.0 Å². The number of aliphatic hydroxyl groups excluding tert-OH is 1. The van der Waals surface area contributed by atoms with Crippen molar-refractivity contribution in [3.63, 3.8) is 0 Å². The van der Waals surface area contributed by atoms with Crippen molar-refractivity contribution in [2.75, 3.05) is 26.4 Å². The Morgan fingerprint density at radius 3 is 2.53 bits per heavy atom. The number of fused-ring (bicyclic) bond motifs is 1. The molecule has 2 aliphatic rings. The highest BCUT2D eigenvalue weighted by Gasteiger charge is 2.49. The molecule has 0 bridgehead atoms. The van der Waals surface area contributed by atoms with Crippen LogP contribution in [0.4, 0.5) is 4.79 Å². The number of carbonyl (C=O) groups is 2. The predicted molar refractivity (Wildman–Crippen MR) is 117 cm³/mol. The average Bonchev–Trinajstić information content (AvgIpc) is 2.92. The van der Waals surface area contributed by atoms with Crippen LogP contribution in [-0.4, -0.2) is 54.4 Å². The summed E-state index contributed by atoms with van der Waals surface area (Å²) < 4.78 is 17.1. The molecule has 0 aliphatic carbocycles. The number of rotatable bonds is 6. The molecule has 3 amide bonds. The lowest BCUT2D eigenvalue weighted by Gasteiger charge is -2.24. The van der Waals surface area contributed by atoms with Gasteiger partial charge in [0.1, 0.15) is 24.0 Å². The van der Waals surface area contributed by atoms with Crippen LogP contribution in [0.3, 0.4) is 0 Å². The molecular weight excluding hydrogens is 412 g/mol. The SMILES string of the molecule is Cc1cccc(C)c1OCC(O)CN1C(=O)NC(C)(c2ccc3c(c2)OCCCO3)C1=O. The maximum Gasteiger partial charge on any atom is 0.325 e. The number of nitrogens with zero attached hydrogens (tertiary/aromatic N) is 1. The molecule has 1 fully saturated rings. The zero-order valence-corrected chi connectivity index (χ0v) is 18.5. The number of carbonyl (C=O) groups excluding carboxylic acids is 2. The number of ether oxygens (including phenoxy) is 3. The number of β-amino-alcohol motifs (C(OH)–C–C–N with tert-alkyl or cyclic N) is 1. The molecule has 170 valence electrons. The van der Waals surface area contributed by atoms with Gasteiger partial charge >= 0.3 is 6.03 Å². The Morgan fingerprint density at radius 1 is 1.12 bits per heavy atom.